The molecule has 0 bridgehead atoms. The van der Waals surface area contributed by atoms with Gasteiger partial charge in [-0.25, -0.2) is 4.98 Å². The maximum atomic E-state index is 12.6. The first-order chi connectivity index (χ1) is 13.2. The quantitative estimate of drug-likeness (QED) is 0.593. The molecule has 2 heterocycles. The van der Waals surface area contributed by atoms with Gasteiger partial charge in [-0.2, -0.15) is 13.2 Å². The summed E-state index contributed by atoms with van der Waals surface area (Å²) in [4.78, 5) is 30.9. The Kier molecular flexibility index (Phi) is 5.53. The van der Waals surface area contributed by atoms with Crippen LogP contribution in [-0.4, -0.2) is 47.9 Å². The standard InChI is InChI=1S/C19H18F3N3O3/c1-13(26)28-16-5-2-14(3-6-16)18(27)25-10-8-24(9-11-25)17-7-4-15(12-23-17)19(20,21)22/h2-7,12H,8-11H2,1H3. The minimum Gasteiger partial charge on any atom is -0.427 e. The van der Waals surface area contributed by atoms with Gasteiger partial charge in [0.15, 0.2) is 0 Å². The maximum absolute atomic E-state index is 12.6. The van der Waals surface area contributed by atoms with Crippen LogP contribution >= 0.6 is 0 Å². The van der Waals surface area contributed by atoms with Crippen LogP contribution < -0.4 is 9.64 Å². The molecule has 3 rings (SSSR count). The zero-order chi connectivity index (χ0) is 20.3. The topological polar surface area (TPSA) is 62.7 Å². The van der Waals surface area contributed by atoms with E-state index in [0.717, 1.165) is 12.3 Å². The van der Waals surface area contributed by atoms with E-state index in [1.165, 1.54) is 13.0 Å². The smallest absolute Gasteiger partial charge is 0.417 e. The highest BCUT2D eigenvalue weighted by Gasteiger charge is 2.31. The zero-order valence-electron chi connectivity index (χ0n) is 15.1. The Morgan fingerprint density at radius 3 is 2.14 bits per heavy atom. The van der Waals surface area contributed by atoms with Crippen molar-refractivity contribution in [2.75, 3.05) is 31.1 Å². The molecule has 0 spiro atoms. The van der Waals surface area contributed by atoms with Gasteiger partial charge in [-0.3, -0.25) is 9.59 Å². The Labute approximate surface area is 159 Å². The van der Waals surface area contributed by atoms with Crippen molar-refractivity contribution in [2.45, 2.75) is 13.1 Å². The SMILES string of the molecule is CC(=O)Oc1ccc(C(=O)N2CCN(c3ccc(C(F)(F)F)cn3)CC2)cc1. The second-order valence-corrected chi connectivity index (χ2v) is 6.30. The van der Waals surface area contributed by atoms with E-state index in [1.807, 2.05) is 4.90 Å². The van der Waals surface area contributed by atoms with Crippen LogP contribution in [0.2, 0.25) is 0 Å². The highest BCUT2D eigenvalue weighted by Crippen LogP contribution is 2.29. The van der Waals surface area contributed by atoms with E-state index in [-0.39, 0.29) is 5.91 Å². The number of rotatable bonds is 3. The van der Waals surface area contributed by atoms with Crippen molar-refractivity contribution in [3.05, 3.63) is 53.7 Å². The van der Waals surface area contributed by atoms with Gasteiger partial charge in [0.05, 0.1) is 5.56 Å². The number of carbonyl (C=O) groups is 2. The summed E-state index contributed by atoms with van der Waals surface area (Å²) in [5, 5.41) is 0. The molecule has 0 atom stereocenters. The average Bonchev–Trinajstić information content (AvgIpc) is 2.67. The molecule has 1 aliphatic rings. The number of hydrogen-bond donors (Lipinski definition) is 0. The van der Waals surface area contributed by atoms with Gasteiger partial charge in [-0.05, 0) is 36.4 Å². The molecule has 1 amide bonds. The maximum Gasteiger partial charge on any atom is 0.417 e. The minimum absolute atomic E-state index is 0.158. The monoisotopic (exact) mass is 393 g/mol. The molecule has 0 saturated carbocycles. The molecule has 9 heteroatoms. The van der Waals surface area contributed by atoms with Gasteiger partial charge in [0.25, 0.3) is 5.91 Å². The summed E-state index contributed by atoms with van der Waals surface area (Å²) in [7, 11) is 0. The second-order valence-electron chi connectivity index (χ2n) is 6.30. The largest absolute Gasteiger partial charge is 0.427 e. The lowest BCUT2D eigenvalue weighted by Crippen LogP contribution is -2.49. The predicted molar refractivity (Wildman–Crippen MR) is 95.1 cm³/mol. The van der Waals surface area contributed by atoms with Crippen LogP contribution in [-0.2, 0) is 11.0 Å². The molecule has 1 fully saturated rings. The summed E-state index contributed by atoms with van der Waals surface area (Å²) < 4.78 is 42.8. The number of hydrogen-bond acceptors (Lipinski definition) is 5. The summed E-state index contributed by atoms with van der Waals surface area (Å²) >= 11 is 0. The molecule has 28 heavy (non-hydrogen) atoms. The number of nitrogens with zero attached hydrogens (tertiary/aromatic N) is 3. The Morgan fingerprint density at radius 2 is 1.64 bits per heavy atom. The minimum atomic E-state index is -4.42. The van der Waals surface area contributed by atoms with Crippen molar-refractivity contribution in [1.82, 2.24) is 9.88 Å². The van der Waals surface area contributed by atoms with Crippen LogP contribution in [0.5, 0.6) is 5.75 Å². The van der Waals surface area contributed by atoms with Crippen LogP contribution in [0.4, 0.5) is 19.0 Å². The number of anilines is 1. The number of pyridine rings is 1. The van der Waals surface area contributed by atoms with Crippen LogP contribution in [0.25, 0.3) is 0 Å². The lowest BCUT2D eigenvalue weighted by Gasteiger charge is -2.35. The first kappa shape index (κ1) is 19.7. The van der Waals surface area contributed by atoms with E-state index in [9.17, 15) is 22.8 Å². The van der Waals surface area contributed by atoms with E-state index in [4.69, 9.17) is 4.74 Å². The summed E-state index contributed by atoms with van der Waals surface area (Å²) in [6.07, 6.45) is -3.60. The molecule has 0 N–H and O–H groups in total. The molecule has 0 aliphatic carbocycles. The van der Waals surface area contributed by atoms with E-state index in [1.54, 1.807) is 29.2 Å². The highest BCUT2D eigenvalue weighted by molar-refractivity contribution is 5.94. The number of amides is 1. The second kappa shape index (κ2) is 7.87. The van der Waals surface area contributed by atoms with Crippen LogP contribution in [0.1, 0.15) is 22.8 Å². The number of carbonyl (C=O) groups excluding carboxylic acids is 2. The van der Waals surface area contributed by atoms with Gasteiger partial charge in [-0.15, -0.1) is 0 Å². The first-order valence-corrected chi connectivity index (χ1v) is 8.60. The van der Waals surface area contributed by atoms with E-state index >= 15 is 0 Å². The van der Waals surface area contributed by atoms with Gasteiger partial charge >= 0.3 is 12.1 Å². The van der Waals surface area contributed by atoms with E-state index in [2.05, 4.69) is 4.98 Å². The Balaban J connectivity index is 1.58. The normalized spacial score (nSPS) is 14.7. The number of halogens is 3. The Bertz CT molecular complexity index is 843. The van der Waals surface area contributed by atoms with Crippen LogP contribution in [0, 0.1) is 0 Å². The first-order valence-electron chi connectivity index (χ1n) is 8.60. The van der Waals surface area contributed by atoms with Gasteiger partial charge in [0, 0.05) is 44.9 Å². The molecule has 148 valence electrons. The highest BCUT2D eigenvalue weighted by atomic mass is 19.4. The van der Waals surface area contributed by atoms with E-state index in [0.29, 0.717) is 43.3 Å². The summed E-state index contributed by atoms with van der Waals surface area (Å²) in [5.41, 5.74) is -0.320. The van der Waals surface area contributed by atoms with Crippen molar-refractivity contribution in [2.24, 2.45) is 0 Å². The number of benzene rings is 1. The van der Waals surface area contributed by atoms with Crippen molar-refractivity contribution >= 4 is 17.7 Å². The average molecular weight is 393 g/mol. The third kappa shape index (κ3) is 4.59. The van der Waals surface area contributed by atoms with Crippen LogP contribution in [0.3, 0.4) is 0 Å². The summed E-state index contributed by atoms with van der Waals surface area (Å²) in [6.45, 7) is 3.08. The van der Waals surface area contributed by atoms with Crippen LogP contribution in [0.15, 0.2) is 42.6 Å². The zero-order valence-corrected chi connectivity index (χ0v) is 15.1. The molecule has 0 unspecified atom stereocenters. The third-order valence-electron chi connectivity index (χ3n) is 4.33. The molecule has 1 aromatic heterocycles. The molecule has 6 nitrogen and oxygen atoms in total. The molecule has 1 aromatic carbocycles. The molecular weight excluding hydrogens is 375 g/mol. The molecule has 2 aromatic rings. The van der Waals surface area contributed by atoms with Gasteiger partial charge in [-0.1, -0.05) is 0 Å². The Morgan fingerprint density at radius 1 is 1.00 bits per heavy atom. The molecule has 1 saturated heterocycles. The number of esters is 1. The van der Waals surface area contributed by atoms with Gasteiger partial charge < -0.3 is 14.5 Å². The van der Waals surface area contributed by atoms with Gasteiger partial charge in [0.1, 0.15) is 11.6 Å². The predicted octanol–water partition coefficient (Wildman–Crippen LogP) is 2.99. The van der Waals surface area contributed by atoms with Crippen molar-refractivity contribution in [1.29, 1.82) is 0 Å². The fourth-order valence-electron chi connectivity index (χ4n) is 2.89. The number of piperazine rings is 1. The number of ether oxygens (including phenoxy) is 1. The van der Waals surface area contributed by atoms with Crippen molar-refractivity contribution in [3.63, 3.8) is 0 Å². The molecule has 0 radical (unpaired) electrons. The third-order valence-corrected chi connectivity index (χ3v) is 4.33. The molecular formula is C19H18F3N3O3. The lowest BCUT2D eigenvalue weighted by molar-refractivity contribution is -0.137. The lowest BCUT2D eigenvalue weighted by atomic mass is 10.1. The number of aromatic nitrogens is 1. The van der Waals surface area contributed by atoms with Gasteiger partial charge in [0.2, 0.25) is 0 Å². The molecule has 1 aliphatic heterocycles. The Hall–Kier alpha value is -3.10. The van der Waals surface area contributed by atoms with Crippen molar-refractivity contribution in [3.8, 4) is 5.75 Å². The number of alkyl halides is 3. The fraction of sp³-hybridized carbons (Fsp3) is 0.316. The van der Waals surface area contributed by atoms with Crippen molar-refractivity contribution < 1.29 is 27.5 Å². The summed E-state index contributed by atoms with van der Waals surface area (Å²) in [6, 6.07) is 8.63. The fourth-order valence-corrected chi connectivity index (χ4v) is 2.89. The van der Waals surface area contributed by atoms with E-state index < -0.39 is 17.7 Å². The summed E-state index contributed by atoms with van der Waals surface area (Å²) in [5.74, 6) is 0.217.